The Kier molecular flexibility index (Phi) is 4.40. The van der Waals surface area contributed by atoms with E-state index in [0.29, 0.717) is 12.1 Å². The highest BCUT2D eigenvalue weighted by Crippen LogP contribution is 2.36. The third-order valence-corrected chi connectivity index (χ3v) is 6.18. The Bertz CT molecular complexity index is 329. The van der Waals surface area contributed by atoms with Gasteiger partial charge in [-0.2, -0.15) is 0 Å². The Hall–Kier alpha value is -0.120. The Labute approximate surface area is 124 Å². The smallest absolute Gasteiger partial charge is 0.0695 e. The number of aliphatic hydroxyl groups excluding tert-OH is 1. The summed E-state index contributed by atoms with van der Waals surface area (Å²) < 4.78 is 0. The monoisotopic (exact) mass is 280 g/mol. The minimum atomic E-state index is -0.0968. The van der Waals surface area contributed by atoms with Gasteiger partial charge in [0.15, 0.2) is 0 Å². The second-order valence-electron chi connectivity index (χ2n) is 7.79. The van der Waals surface area contributed by atoms with Gasteiger partial charge in [-0.05, 0) is 57.4 Å². The number of piperazine rings is 1. The van der Waals surface area contributed by atoms with Crippen LogP contribution < -0.4 is 0 Å². The number of hydrogen-bond acceptors (Lipinski definition) is 3. The first kappa shape index (κ1) is 14.8. The lowest BCUT2D eigenvalue weighted by Crippen LogP contribution is -2.61. The Balaban J connectivity index is 1.69. The third kappa shape index (κ3) is 2.77. The highest BCUT2D eigenvalue weighted by molar-refractivity contribution is 4.97. The molecule has 0 spiro atoms. The second-order valence-corrected chi connectivity index (χ2v) is 7.79. The van der Waals surface area contributed by atoms with Gasteiger partial charge in [0, 0.05) is 31.2 Å². The SMILES string of the molecule is CC(C)C1CCC(O)C(N2CC3CCCN3CC2C)C1. The normalized spacial score (nSPS) is 44.0. The van der Waals surface area contributed by atoms with Crippen LogP contribution in [0.2, 0.25) is 0 Å². The molecule has 5 atom stereocenters. The molecule has 1 N–H and O–H groups in total. The van der Waals surface area contributed by atoms with E-state index in [2.05, 4.69) is 30.6 Å². The van der Waals surface area contributed by atoms with Crippen LogP contribution in [0.4, 0.5) is 0 Å². The van der Waals surface area contributed by atoms with Gasteiger partial charge in [0.25, 0.3) is 0 Å². The van der Waals surface area contributed by atoms with Crippen molar-refractivity contribution in [2.75, 3.05) is 19.6 Å². The van der Waals surface area contributed by atoms with Gasteiger partial charge in [0.2, 0.25) is 0 Å². The van der Waals surface area contributed by atoms with Crippen molar-refractivity contribution in [3.63, 3.8) is 0 Å². The first-order chi connectivity index (χ1) is 9.56. The first-order valence-electron chi connectivity index (χ1n) is 8.74. The predicted octanol–water partition coefficient (Wildman–Crippen LogP) is 2.34. The molecule has 20 heavy (non-hydrogen) atoms. The lowest BCUT2D eigenvalue weighted by Gasteiger charge is -2.50. The van der Waals surface area contributed by atoms with E-state index in [1.165, 1.54) is 45.3 Å². The topological polar surface area (TPSA) is 26.7 Å². The summed E-state index contributed by atoms with van der Waals surface area (Å²) in [6.45, 7) is 10.7. The summed E-state index contributed by atoms with van der Waals surface area (Å²) in [7, 11) is 0. The van der Waals surface area contributed by atoms with Gasteiger partial charge < -0.3 is 5.11 Å². The number of rotatable bonds is 2. The second kappa shape index (κ2) is 5.94. The van der Waals surface area contributed by atoms with E-state index in [4.69, 9.17) is 0 Å². The van der Waals surface area contributed by atoms with E-state index < -0.39 is 0 Å². The largest absolute Gasteiger partial charge is 0.391 e. The standard InChI is InChI=1S/C17H32N2O/c1-12(2)14-6-7-17(20)16(9-14)19-11-15-5-4-8-18(15)10-13(19)3/h12-17,20H,4-11H2,1-3H3. The zero-order valence-corrected chi connectivity index (χ0v) is 13.5. The molecule has 0 amide bonds. The average Bonchev–Trinajstić information content (AvgIpc) is 2.85. The van der Waals surface area contributed by atoms with Crippen molar-refractivity contribution in [1.82, 2.24) is 9.80 Å². The molecular formula is C17H32N2O. The molecule has 2 heterocycles. The first-order valence-corrected chi connectivity index (χ1v) is 8.74. The summed E-state index contributed by atoms with van der Waals surface area (Å²) in [6, 6.07) is 1.78. The van der Waals surface area contributed by atoms with E-state index in [1.54, 1.807) is 0 Å². The molecular weight excluding hydrogens is 248 g/mol. The molecule has 0 bridgehead atoms. The zero-order chi connectivity index (χ0) is 14.3. The highest BCUT2D eigenvalue weighted by Gasteiger charge is 2.41. The molecule has 3 nitrogen and oxygen atoms in total. The Morgan fingerprint density at radius 3 is 2.65 bits per heavy atom. The van der Waals surface area contributed by atoms with E-state index in [-0.39, 0.29) is 6.10 Å². The molecule has 2 saturated heterocycles. The fraction of sp³-hybridized carbons (Fsp3) is 1.00. The number of hydrogen-bond donors (Lipinski definition) is 1. The molecule has 5 unspecified atom stereocenters. The highest BCUT2D eigenvalue weighted by atomic mass is 16.3. The van der Waals surface area contributed by atoms with Crippen LogP contribution >= 0.6 is 0 Å². The number of nitrogens with zero attached hydrogens (tertiary/aromatic N) is 2. The van der Waals surface area contributed by atoms with Crippen LogP contribution in [0.5, 0.6) is 0 Å². The summed E-state index contributed by atoms with van der Waals surface area (Å²) in [6.07, 6.45) is 6.06. The lowest BCUT2D eigenvalue weighted by atomic mass is 9.77. The number of fused-ring (bicyclic) bond motifs is 1. The van der Waals surface area contributed by atoms with Crippen molar-refractivity contribution in [3.8, 4) is 0 Å². The third-order valence-electron chi connectivity index (χ3n) is 6.18. The number of aliphatic hydroxyl groups is 1. The lowest BCUT2D eigenvalue weighted by molar-refractivity contribution is -0.0538. The van der Waals surface area contributed by atoms with Crippen LogP contribution in [-0.2, 0) is 0 Å². The van der Waals surface area contributed by atoms with Crippen molar-refractivity contribution in [3.05, 3.63) is 0 Å². The molecule has 3 rings (SSSR count). The van der Waals surface area contributed by atoms with Crippen LogP contribution in [0.3, 0.4) is 0 Å². The van der Waals surface area contributed by atoms with Gasteiger partial charge >= 0.3 is 0 Å². The Morgan fingerprint density at radius 1 is 1.10 bits per heavy atom. The summed E-state index contributed by atoms with van der Waals surface area (Å²) >= 11 is 0. The summed E-state index contributed by atoms with van der Waals surface area (Å²) in [5.41, 5.74) is 0. The van der Waals surface area contributed by atoms with Gasteiger partial charge in [-0.3, -0.25) is 9.80 Å². The fourth-order valence-corrected chi connectivity index (χ4v) is 4.80. The van der Waals surface area contributed by atoms with E-state index in [1.807, 2.05) is 0 Å². The van der Waals surface area contributed by atoms with Crippen LogP contribution in [0.1, 0.15) is 52.9 Å². The molecule has 0 aromatic carbocycles. The zero-order valence-electron chi connectivity index (χ0n) is 13.5. The van der Waals surface area contributed by atoms with Gasteiger partial charge in [-0.25, -0.2) is 0 Å². The summed E-state index contributed by atoms with van der Waals surface area (Å²) in [5, 5.41) is 10.5. The van der Waals surface area contributed by atoms with Gasteiger partial charge in [-0.15, -0.1) is 0 Å². The fourth-order valence-electron chi connectivity index (χ4n) is 4.80. The van der Waals surface area contributed by atoms with Crippen molar-refractivity contribution < 1.29 is 5.11 Å². The molecule has 0 aromatic heterocycles. The quantitative estimate of drug-likeness (QED) is 0.841. The minimum absolute atomic E-state index is 0.0968. The van der Waals surface area contributed by atoms with Crippen LogP contribution in [0.15, 0.2) is 0 Å². The maximum atomic E-state index is 10.5. The molecule has 3 aliphatic rings. The predicted molar refractivity (Wildman–Crippen MR) is 82.7 cm³/mol. The summed E-state index contributed by atoms with van der Waals surface area (Å²) in [4.78, 5) is 5.34. The molecule has 116 valence electrons. The van der Waals surface area contributed by atoms with E-state index >= 15 is 0 Å². The van der Waals surface area contributed by atoms with Gasteiger partial charge in [0.1, 0.15) is 0 Å². The van der Waals surface area contributed by atoms with E-state index in [0.717, 1.165) is 24.3 Å². The molecule has 1 saturated carbocycles. The van der Waals surface area contributed by atoms with Crippen LogP contribution in [-0.4, -0.2) is 58.8 Å². The molecule has 0 radical (unpaired) electrons. The van der Waals surface area contributed by atoms with Crippen molar-refractivity contribution >= 4 is 0 Å². The molecule has 3 heteroatoms. The summed E-state index contributed by atoms with van der Waals surface area (Å²) in [5.74, 6) is 1.56. The molecule has 2 aliphatic heterocycles. The van der Waals surface area contributed by atoms with Crippen molar-refractivity contribution in [2.24, 2.45) is 11.8 Å². The van der Waals surface area contributed by atoms with Gasteiger partial charge in [-0.1, -0.05) is 13.8 Å². The van der Waals surface area contributed by atoms with E-state index in [9.17, 15) is 5.11 Å². The van der Waals surface area contributed by atoms with Crippen molar-refractivity contribution in [1.29, 1.82) is 0 Å². The van der Waals surface area contributed by atoms with Crippen molar-refractivity contribution in [2.45, 2.75) is 77.1 Å². The van der Waals surface area contributed by atoms with Crippen LogP contribution in [0.25, 0.3) is 0 Å². The minimum Gasteiger partial charge on any atom is -0.391 e. The van der Waals surface area contributed by atoms with Gasteiger partial charge in [0.05, 0.1) is 6.10 Å². The maximum Gasteiger partial charge on any atom is 0.0695 e. The Morgan fingerprint density at radius 2 is 1.90 bits per heavy atom. The molecule has 0 aromatic rings. The maximum absolute atomic E-state index is 10.5. The van der Waals surface area contributed by atoms with Crippen LogP contribution in [0, 0.1) is 11.8 Å². The molecule has 1 aliphatic carbocycles. The average molecular weight is 280 g/mol. The molecule has 3 fully saturated rings.